The van der Waals surface area contributed by atoms with Crippen molar-refractivity contribution in [3.8, 4) is 5.75 Å². The second kappa shape index (κ2) is 5.47. The Morgan fingerprint density at radius 2 is 1.75 bits per heavy atom. The first kappa shape index (κ1) is 14.4. The van der Waals surface area contributed by atoms with E-state index in [0.717, 1.165) is 9.38 Å². The molecule has 118 valence electrons. The summed E-state index contributed by atoms with van der Waals surface area (Å²) in [5.41, 5.74) is -0.676. The second-order valence-corrected chi connectivity index (χ2v) is 6.23. The van der Waals surface area contributed by atoms with Crippen molar-refractivity contribution in [1.82, 2.24) is 9.66 Å². The van der Waals surface area contributed by atoms with E-state index in [1.807, 2.05) is 18.2 Å². The molecule has 2 aromatic carbocycles. The number of rotatable bonds is 2. The van der Waals surface area contributed by atoms with Gasteiger partial charge in [-0.2, -0.15) is 5.10 Å². The van der Waals surface area contributed by atoms with E-state index < -0.39 is 11.2 Å². The molecule has 0 aliphatic heterocycles. The van der Waals surface area contributed by atoms with Crippen molar-refractivity contribution < 1.29 is 5.11 Å². The van der Waals surface area contributed by atoms with Crippen LogP contribution in [0.3, 0.4) is 0 Å². The maximum absolute atomic E-state index is 12.4. The molecule has 0 bridgehead atoms. The Balaban J connectivity index is 1.87. The fourth-order valence-corrected chi connectivity index (χ4v) is 3.47. The number of nitrogens with zero attached hydrogens (tertiary/aromatic N) is 2. The molecule has 0 amide bonds. The van der Waals surface area contributed by atoms with Gasteiger partial charge < -0.3 is 10.1 Å². The van der Waals surface area contributed by atoms with E-state index >= 15 is 0 Å². The van der Waals surface area contributed by atoms with Crippen LogP contribution < -0.4 is 11.2 Å². The van der Waals surface area contributed by atoms with Crippen LogP contribution in [0, 0.1) is 0 Å². The third kappa shape index (κ3) is 2.22. The minimum Gasteiger partial charge on any atom is -0.506 e. The molecule has 0 aliphatic rings. The van der Waals surface area contributed by atoms with Crippen LogP contribution in [0.4, 0.5) is 0 Å². The molecule has 0 aliphatic carbocycles. The summed E-state index contributed by atoms with van der Waals surface area (Å²) in [4.78, 5) is 27.6. The van der Waals surface area contributed by atoms with Crippen LogP contribution in [-0.2, 0) is 0 Å². The lowest BCUT2D eigenvalue weighted by atomic mass is 10.2. The summed E-state index contributed by atoms with van der Waals surface area (Å²) in [6.07, 6.45) is 1.32. The Morgan fingerprint density at radius 3 is 2.54 bits per heavy atom. The second-order valence-electron chi connectivity index (χ2n) is 5.15. The number of benzene rings is 2. The molecule has 6 nitrogen and oxygen atoms in total. The van der Waals surface area contributed by atoms with Crippen LogP contribution in [-0.4, -0.2) is 21.0 Å². The molecule has 2 N–H and O–H groups in total. The average Bonchev–Trinajstić information content (AvgIpc) is 2.91. The highest BCUT2D eigenvalue weighted by Crippen LogP contribution is 2.35. The largest absolute Gasteiger partial charge is 0.506 e. The predicted molar refractivity (Wildman–Crippen MR) is 95.3 cm³/mol. The monoisotopic (exact) mass is 337 g/mol. The van der Waals surface area contributed by atoms with Crippen molar-refractivity contribution in [3.05, 3.63) is 74.2 Å². The number of H-pyrrole nitrogens is 1. The van der Waals surface area contributed by atoms with Gasteiger partial charge in [0.05, 0.1) is 22.0 Å². The molecule has 0 saturated carbocycles. The van der Waals surface area contributed by atoms with Gasteiger partial charge in [0, 0.05) is 10.1 Å². The zero-order valence-electron chi connectivity index (χ0n) is 12.3. The molecule has 0 radical (unpaired) electrons. The van der Waals surface area contributed by atoms with Gasteiger partial charge in [0.2, 0.25) is 0 Å². The van der Waals surface area contributed by atoms with E-state index in [2.05, 4.69) is 10.1 Å². The van der Waals surface area contributed by atoms with Crippen molar-refractivity contribution in [2.45, 2.75) is 0 Å². The highest BCUT2D eigenvalue weighted by atomic mass is 32.1. The van der Waals surface area contributed by atoms with Crippen molar-refractivity contribution >= 4 is 38.5 Å². The van der Waals surface area contributed by atoms with E-state index in [0.29, 0.717) is 21.2 Å². The minimum atomic E-state index is -0.629. The summed E-state index contributed by atoms with van der Waals surface area (Å²) < 4.78 is 1.66. The number of hydrogen-bond donors (Lipinski definition) is 2. The van der Waals surface area contributed by atoms with Crippen LogP contribution in [0.1, 0.15) is 4.88 Å². The first-order valence-corrected chi connectivity index (χ1v) is 7.96. The van der Waals surface area contributed by atoms with Crippen LogP contribution in [0.25, 0.3) is 21.0 Å². The fourth-order valence-electron chi connectivity index (χ4n) is 2.51. The molecule has 2 heterocycles. The lowest BCUT2D eigenvalue weighted by molar-refractivity contribution is 0.483. The predicted octanol–water partition coefficient (Wildman–Crippen LogP) is 2.49. The van der Waals surface area contributed by atoms with E-state index in [1.54, 1.807) is 30.3 Å². The number of aromatic hydroxyl groups is 1. The minimum absolute atomic E-state index is 0.0876. The van der Waals surface area contributed by atoms with Crippen molar-refractivity contribution in [2.75, 3.05) is 0 Å². The van der Waals surface area contributed by atoms with Crippen molar-refractivity contribution in [2.24, 2.45) is 5.10 Å². The summed E-state index contributed by atoms with van der Waals surface area (Å²) in [5, 5.41) is 15.3. The first-order valence-electron chi connectivity index (χ1n) is 7.14. The number of fused-ring (bicyclic) bond motifs is 2. The van der Waals surface area contributed by atoms with Crippen molar-refractivity contribution in [3.63, 3.8) is 0 Å². The Kier molecular flexibility index (Phi) is 3.28. The standard InChI is InChI=1S/C17H11N3O3S/c21-15-11-6-2-4-8-13(11)24-14(15)9-18-20-16(22)10-5-1-3-7-12(10)19-17(20)23/h1-9,21H,(H,19,23)/b18-9+. The van der Waals surface area contributed by atoms with Gasteiger partial charge in [-0.05, 0) is 24.3 Å². The highest BCUT2D eigenvalue weighted by Gasteiger charge is 2.10. The lowest BCUT2D eigenvalue weighted by Crippen LogP contribution is -2.32. The Morgan fingerprint density at radius 1 is 1.04 bits per heavy atom. The lowest BCUT2D eigenvalue weighted by Gasteiger charge is -2.00. The molecule has 0 spiro atoms. The average molecular weight is 337 g/mol. The van der Waals surface area contributed by atoms with E-state index in [4.69, 9.17) is 0 Å². The van der Waals surface area contributed by atoms with Gasteiger partial charge in [0.1, 0.15) is 5.75 Å². The number of aromatic amines is 1. The molecule has 4 aromatic rings. The third-order valence-corrected chi connectivity index (χ3v) is 4.76. The summed E-state index contributed by atoms with van der Waals surface area (Å²) >= 11 is 1.33. The molecular formula is C17H11N3O3S. The van der Waals surface area contributed by atoms with E-state index in [-0.39, 0.29) is 5.75 Å². The number of para-hydroxylation sites is 1. The van der Waals surface area contributed by atoms with Gasteiger partial charge in [-0.15, -0.1) is 16.0 Å². The SMILES string of the molecule is O=c1[nH]c2ccccc2c(=O)n1/N=C/c1sc2ccccc2c1O. The quantitative estimate of drug-likeness (QED) is 0.551. The maximum Gasteiger partial charge on any atom is 0.349 e. The number of aromatic nitrogens is 2. The normalized spacial score (nSPS) is 11.7. The molecular weight excluding hydrogens is 326 g/mol. The maximum atomic E-state index is 12.4. The van der Waals surface area contributed by atoms with Gasteiger partial charge in [0.25, 0.3) is 5.56 Å². The summed E-state index contributed by atoms with van der Waals surface area (Å²) in [5.74, 6) is 0.0876. The Labute approximate surface area is 138 Å². The molecule has 0 unspecified atom stereocenters. The zero-order chi connectivity index (χ0) is 16.7. The van der Waals surface area contributed by atoms with Crippen LogP contribution in [0.15, 0.2) is 63.2 Å². The van der Waals surface area contributed by atoms with Crippen LogP contribution >= 0.6 is 11.3 Å². The number of nitrogens with one attached hydrogen (secondary N) is 1. The zero-order valence-corrected chi connectivity index (χ0v) is 13.1. The number of thiophene rings is 1. The highest BCUT2D eigenvalue weighted by molar-refractivity contribution is 7.21. The molecule has 24 heavy (non-hydrogen) atoms. The van der Waals surface area contributed by atoms with Gasteiger partial charge in [0.15, 0.2) is 0 Å². The van der Waals surface area contributed by atoms with Gasteiger partial charge in [-0.3, -0.25) is 4.79 Å². The van der Waals surface area contributed by atoms with Gasteiger partial charge in [-0.25, -0.2) is 4.79 Å². The summed E-state index contributed by atoms with van der Waals surface area (Å²) in [7, 11) is 0. The Hall–Kier alpha value is -3.19. The van der Waals surface area contributed by atoms with Crippen LogP contribution in [0.5, 0.6) is 5.75 Å². The molecule has 4 rings (SSSR count). The van der Waals surface area contributed by atoms with E-state index in [9.17, 15) is 14.7 Å². The van der Waals surface area contributed by atoms with Gasteiger partial charge in [-0.1, -0.05) is 24.3 Å². The fraction of sp³-hybridized carbons (Fsp3) is 0. The third-order valence-electron chi connectivity index (χ3n) is 3.67. The Bertz CT molecular complexity index is 1220. The van der Waals surface area contributed by atoms with Crippen LogP contribution in [0.2, 0.25) is 0 Å². The molecule has 0 saturated heterocycles. The van der Waals surface area contributed by atoms with E-state index in [1.165, 1.54) is 17.6 Å². The van der Waals surface area contributed by atoms with Crippen molar-refractivity contribution in [1.29, 1.82) is 0 Å². The molecule has 7 heteroatoms. The molecule has 2 aromatic heterocycles. The molecule has 0 fully saturated rings. The summed E-state index contributed by atoms with van der Waals surface area (Å²) in [6, 6.07) is 14.1. The topological polar surface area (TPSA) is 87.5 Å². The first-order chi connectivity index (χ1) is 11.6. The smallest absolute Gasteiger partial charge is 0.349 e. The summed E-state index contributed by atoms with van der Waals surface area (Å²) in [6.45, 7) is 0. The molecule has 0 atom stereocenters. The number of hydrogen-bond acceptors (Lipinski definition) is 5. The van der Waals surface area contributed by atoms with Gasteiger partial charge >= 0.3 is 5.69 Å².